The molecule has 0 spiro atoms. The van der Waals surface area contributed by atoms with Gasteiger partial charge in [-0.05, 0) is 53.6 Å². The minimum absolute atomic E-state index is 0.603. The first-order valence-electron chi connectivity index (χ1n) is 8.37. The van der Waals surface area contributed by atoms with E-state index in [0.717, 1.165) is 33.9 Å². The highest BCUT2D eigenvalue weighted by Gasteiger charge is 2.43. The van der Waals surface area contributed by atoms with Crippen LogP contribution in [0.3, 0.4) is 0 Å². The Morgan fingerprint density at radius 3 is 1.96 bits per heavy atom. The molecule has 4 heteroatoms. The molecule has 0 radical (unpaired) electrons. The third-order valence-corrected chi connectivity index (χ3v) is 4.74. The topological polar surface area (TPSA) is 51.0 Å². The number of aliphatic hydroxyl groups is 1. The average molecular weight is 345 g/mol. The van der Waals surface area contributed by atoms with Crippen molar-refractivity contribution in [1.82, 2.24) is 0 Å². The van der Waals surface area contributed by atoms with Crippen LogP contribution in [0.1, 0.15) is 16.7 Å². The summed E-state index contributed by atoms with van der Waals surface area (Å²) in [4.78, 5) is 4.74. The minimum Gasteiger partial charge on any atom is -0.497 e. The number of fused-ring (bicyclic) bond motifs is 1. The zero-order chi connectivity index (χ0) is 18.1. The van der Waals surface area contributed by atoms with Gasteiger partial charge in [-0.3, -0.25) is 0 Å². The number of aliphatic imine (C=N–C) groups is 1. The van der Waals surface area contributed by atoms with Gasteiger partial charge in [0.2, 0.25) is 0 Å². The Kier molecular flexibility index (Phi) is 3.98. The molecular formula is C22H19NO3. The molecule has 3 aromatic rings. The van der Waals surface area contributed by atoms with Gasteiger partial charge in [0, 0.05) is 5.56 Å². The highest BCUT2D eigenvalue weighted by Crippen LogP contribution is 2.45. The lowest BCUT2D eigenvalue weighted by atomic mass is 9.81. The summed E-state index contributed by atoms with van der Waals surface area (Å²) in [5.74, 6) is 1.50. The van der Waals surface area contributed by atoms with E-state index in [1.165, 1.54) is 0 Å². The molecule has 1 atom stereocenters. The molecule has 0 aliphatic carbocycles. The lowest BCUT2D eigenvalue weighted by Crippen LogP contribution is -2.34. The van der Waals surface area contributed by atoms with E-state index < -0.39 is 5.60 Å². The molecule has 0 fully saturated rings. The first kappa shape index (κ1) is 16.4. The summed E-state index contributed by atoms with van der Waals surface area (Å²) in [6, 6.07) is 22.7. The third kappa shape index (κ3) is 2.47. The summed E-state index contributed by atoms with van der Waals surface area (Å²) in [5.41, 5.74) is 2.43. The van der Waals surface area contributed by atoms with Crippen LogP contribution in [-0.4, -0.2) is 25.0 Å². The molecule has 1 N–H and O–H groups in total. The monoisotopic (exact) mass is 345 g/mol. The smallest absolute Gasteiger partial charge is 0.160 e. The maximum atomic E-state index is 11.8. The molecule has 1 aliphatic rings. The van der Waals surface area contributed by atoms with E-state index in [4.69, 9.17) is 14.5 Å². The van der Waals surface area contributed by atoms with Gasteiger partial charge < -0.3 is 14.6 Å². The molecule has 0 bridgehead atoms. The van der Waals surface area contributed by atoms with Crippen LogP contribution in [-0.2, 0) is 5.60 Å². The van der Waals surface area contributed by atoms with Crippen LogP contribution < -0.4 is 9.47 Å². The van der Waals surface area contributed by atoms with E-state index in [9.17, 15) is 5.11 Å². The second-order valence-electron chi connectivity index (χ2n) is 6.14. The number of ether oxygens (including phenoxy) is 2. The Hall–Kier alpha value is -3.11. The van der Waals surface area contributed by atoms with Crippen molar-refractivity contribution in [3.05, 3.63) is 89.5 Å². The predicted octanol–water partition coefficient (Wildman–Crippen LogP) is 4.07. The number of hydrogen-bond acceptors (Lipinski definition) is 4. The van der Waals surface area contributed by atoms with Gasteiger partial charge in [0.1, 0.15) is 11.5 Å². The van der Waals surface area contributed by atoms with E-state index in [1.54, 1.807) is 14.2 Å². The minimum atomic E-state index is -1.32. The standard InChI is InChI=1S/C22H19NO3/c1-25-17-11-7-15(8-12-17)21-22(24,16-9-13-18(26-2)14-10-16)19-5-3-4-6-20(19)23-21/h3-14,24H,1-2H3. The molecule has 0 amide bonds. The fraction of sp³-hybridized carbons (Fsp3) is 0.136. The number of para-hydroxylation sites is 1. The molecule has 0 saturated carbocycles. The lowest BCUT2D eigenvalue weighted by Gasteiger charge is -2.27. The van der Waals surface area contributed by atoms with Crippen molar-refractivity contribution in [2.75, 3.05) is 14.2 Å². The van der Waals surface area contributed by atoms with Gasteiger partial charge in [0.05, 0.1) is 25.6 Å². The normalized spacial score (nSPS) is 18.2. The third-order valence-electron chi connectivity index (χ3n) is 4.74. The summed E-state index contributed by atoms with van der Waals surface area (Å²) in [7, 11) is 3.25. The van der Waals surface area contributed by atoms with E-state index in [-0.39, 0.29) is 0 Å². The van der Waals surface area contributed by atoms with E-state index in [0.29, 0.717) is 5.71 Å². The van der Waals surface area contributed by atoms with Gasteiger partial charge in [0.15, 0.2) is 5.60 Å². The van der Waals surface area contributed by atoms with Crippen molar-refractivity contribution in [3.63, 3.8) is 0 Å². The van der Waals surface area contributed by atoms with Crippen LogP contribution in [0.4, 0.5) is 5.69 Å². The maximum Gasteiger partial charge on any atom is 0.160 e. The molecule has 3 aromatic carbocycles. The number of hydrogen-bond donors (Lipinski definition) is 1. The molecule has 4 rings (SSSR count). The highest BCUT2D eigenvalue weighted by molar-refractivity contribution is 6.13. The quantitative estimate of drug-likeness (QED) is 0.775. The summed E-state index contributed by atoms with van der Waals surface area (Å²) in [6.45, 7) is 0. The number of nitrogens with zero attached hydrogens (tertiary/aromatic N) is 1. The molecule has 1 aliphatic heterocycles. The van der Waals surface area contributed by atoms with Crippen molar-refractivity contribution in [1.29, 1.82) is 0 Å². The summed E-state index contributed by atoms with van der Waals surface area (Å²) >= 11 is 0. The molecule has 4 nitrogen and oxygen atoms in total. The number of benzene rings is 3. The highest BCUT2D eigenvalue weighted by atomic mass is 16.5. The van der Waals surface area contributed by atoms with Gasteiger partial charge in [0.25, 0.3) is 0 Å². The zero-order valence-electron chi connectivity index (χ0n) is 14.6. The second kappa shape index (κ2) is 6.32. The first-order valence-corrected chi connectivity index (χ1v) is 8.37. The van der Waals surface area contributed by atoms with Gasteiger partial charge >= 0.3 is 0 Å². The summed E-state index contributed by atoms with van der Waals surface area (Å²) < 4.78 is 10.5. The molecule has 0 aromatic heterocycles. The molecule has 1 heterocycles. The fourth-order valence-corrected chi connectivity index (χ4v) is 3.35. The summed E-state index contributed by atoms with van der Waals surface area (Å²) in [6.07, 6.45) is 0. The van der Waals surface area contributed by atoms with Gasteiger partial charge in [-0.15, -0.1) is 0 Å². The Balaban J connectivity index is 1.88. The van der Waals surface area contributed by atoms with Crippen LogP contribution in [0, 0.1) is 0 Å². The van der Waals surface area contributed by atoms with Crippen molar-refractivity contribution in [2.24, 2.45) is 4.99 Å². The molecule has 130 valence electrons. The van der Waals surface area contributed by atoms with E-state index in [1.807, 2.05) is 72.8 Å². The van der Waals surface area contributed by atoms with Crippen LogP contribution in [0.25, 0.3) is 0 Å². The molecule has 1 unspecified atom stereocenters. The SMILES string of the molecule is COc1ccc(C2=Nc3ccccc3C2(O)c2ccc(OC)cc2)cc1. The van der Waals surface area contributed by atoms with Crippen molar-refractivity contribution >= 4 is 11.4 Å². The number of rotatable bonds is 4. The van der Waals surface area contributed by atoms with Crippen LogP contribution >= 0.6 is 0 Å². The number of methoxy groups -OCH3 is 2. The summed E-state index contributed by atoms with van der Waals surface area (Å²) in [5, 5.41) is 11.8. The Labute approximate surface area is 152 Å². The first-order chi connectivity index (χ1) is 12.7. The Morgan fingerprint density at radius 1 is 0.769 bits per heavy atom. The van der Waals surface area contributed by atoms with Crippen molar-refractivity contribution < 1.29 is 14.6 Å². The van der Waals surface area contributed by atoms with Crippen molar-refractivity contribution in [3.8, 4) is 11.5 Å². The molecule has 0 saturated heterocycles. The molecular weight excluding hydrogens is 326 g/mol. The Morgan fingerprint density at radius 2 is 1.35 bits per heavy atom. The lowest BCUT2D eigenvalue weighted by molar-refractivity contribution is 0.160. The van der Waals surface area contributed by atoms with Gasteiger partial charge in [-0.25, -0.2) is 4.99 Å². The van der Waals surface area contributed by atoms with Crippen molar-refractivity contribution in [2.45, 2.75) is 5.60 Å². The zero-order valence-corrected chi connectivity index (χ0v) is 14.6. The average Bonchev–Trinajstić information content (AvgIpc) is 3.02. The van der Waals surface area contributed by atoms with Gasteiger partial charge in [-0.1, -0.05) is 30.3 Å². The fourth-order valence-electron chi connectivity index (χ4n) is 3.35. The largest absolute Gasteiger partial charge is 0.497 e. The Bertz CT molecular complexity index is 961. The van der Waals surface area contributed by atoms with E-state index >= 15 is 0 Å². The molecule has 26 heavy (non-hydrogen) atoms. The maximum absolute atomic E-state index is 11.8. The second-order valence-corrected chi connectivity index (χ2v) is 6.14. The van der Waals surface area contributed by atoms with Gasteiger partial charge in [-0.2, -0.15) is 0 Å². The predicted molar refractivity (Wildman–Crippen MR) is 102 cm³/mol. The van der Waals surface area contributed by atoms with Crippen LogP contribution in [0.2, 0.25) is 0 Å². The van der Waals surface area contributed by atoms with Crippen LogP contribution in [0.5, 0.6) is 11.5 Å². The van der Waals surface area contributed by atoms with Crippen LogP contribution in [0.15, 0.2) is 77.8 Å². The van der Waals surface area contributed by atoms with E-state index in [2.05, 4.69) is 0 Å².